The Bertz CT molecular complexity index is 569. The van der Waals surface area contributed by atoms with Crippen LogP contribution in [-0.4, -0.2) is 43.9 Å². The molecular weight excluding hydrogens is 326 g/mol. The molecule has 2 amide bonds. The lowest BCUT2D eigenvalue weighted by molar-refractivity contribution is -0.116. The van der Waals surface area contributed by atoms with E-state index in [9.17, 15) is 9.59 Å². The van der Waals surface area contributed by atoms with E-state index in [1.165, 1.54) is 0 Å². The fraction of sp³-hybridized carbons (Fsp3) is 0.556. The minimum Gasteiger partial charge on any atom is -0.345 e. The van der Waals surface area contributed by atoms with Crippen molar-refractivity contribution in [2.24, 2.45) is 5.92 Å². The first-order valence-corrected chi connectivity index (χ1v) is 8.30. The third-order valence-corrected chi connectivity index (χ3v) is 4.39. The summed E-state index contributed by atoms with van der Waals surface area (Å²) in [5.41, 5.74) is 2.30. The van der Waals surface area contributed by atoms with Gasteiger partial charge in [-0.15, -0.1) is 12.4 Å². The monoisotopic (exact) mass is 353 g/mol. The highest BCUT2D eigenvalue weighted by Gasteiger charge is 2.15. The summed E-state index contributed by atoms with van der Waals surface area (Å²) in [6, 6.07) is 5.44. The molecule has 2 N–H and O–H groups in total. The SMILES string of the molecule is Cc1cc(NC(=O)CCC2CCNCC2)ccc1C(=O)N(C)C.Cl. The van der Waals surface area contributed by atoms with Crippen molar-refractivity contribution in [2.45, 2.75) is 32.6 Å². The number of amides is 2. The molecule has 0 bridgehead atoms. The summed E-state index contributed by atoms with van der Waals surface area (Å²) >= 11 is 0. The van der Waals surface area contributed by atoms with Crippen molar-refractivity contribution in [3.63, 3.8) is 0 Å². The topological polar surface area (TPSA) is 61.4 Å². The molecule has 0 saturated carbocycles. The van der Waals surface area contributed by atoms with E-state index in [2.05, 4.69) is 10.6 Å². The molecule has 0 spiro atoms. The molecule has 0 aliphatic carbocycles. The molecule has 1 aromatic rings. The van der Waals surface area contributed by atoms with Gasteiger partial charge >= 0.3 is 0 Å². The lowest BCUT2D eigenvalue weighted by Gasteiger charge is -2.22. The van der Waals surface area contributed by atoms with E-state index in [0.717, 1.165) is 43.6 Å². The summed E-state index contributed by atoms with van der Waals surface area (Å²) in [6.45, 7) is 4.01. The zero-order valence-corrected chi connectivity index (χ0v) is 15.5. The highest BCUT2D eigenvalue weighted by atomic mass is 35.5. The molecule has 1 heterocycles. The van der Waals surface area contributed by atoms with Crippen molar-refractivity contribution in [1.82, 2.24) is 10.2 Å². The Morgan fingerprint density at radius 1 is 1.25 bits per heavy atom. The average Bonchev–Trinajstić information content (AvgIpc) is 2.53. The Hall–Kier alpha value is -1.59. The molecule has 2 rings (SSSR count). The van der Waals surface area contributed by atoms with Crippen LogP contribution in [0.5, 0.6) is 0 Å². The van der Waals surface area contributed by atoms with Crippen molar-refractivity contribution in [1.29, 1.82) is 0 Å². The van der Waals surface area contributed by atoms with E-state index in [0.29, 0.717) is 17.9 Å². The van der Waals surface area contributed by atoms with Gasteiger partial charge in [-0.25, -0.2) is 0 Å². The molecule has 1 saturated heterocycles. The Morgan fingerprint density at radius 3 is 2.50 bits per heavy atom. The van der Waals surface area contributed by atoms with Gasteiger partial charge in [0.2, 0.25) is 5.91 Å². The summed E-state index contributed by atoms with van der Waals surface area (Å²) in [7, 11) is 3.47. The maximum Gasteiger partial charge on any atom is 0.253 e. The molecule has 24 heavy (non-hydrogen) atoms. The fourth-order valence-electron chi connectivity index (χ4n) is 2.95. The van der Waals surface area contributed by atoms with E-state index < -0.39 is 0 Å². The van der Waals surface area contributed by atoms with Crippen LogP contribution in [-0.2, 0) is 4.79 Å². The second-order valence-corrected chi connectivity index (χ2v) is 6.51. The van der Waals surface area contributed by atoms with Crippen molar-refractivity contribution in [3.8, 4) is 0 Å². The van der Waals surface area contributed by atoms with E-state index in [4.69, 9.17) is 0 Å². The Morgan fingerprint density at radius 2 is 1.92 bits per heavy atom. The predicted molar refractivity (Wildman–Crippen MR) is 99.9 cm³/mol. The molecule has 0 radical (unpaired) electrons. The first-order valence-electron chi connectivity index (χ1n) is 8.30. The summed E-state index contributed by atoms with van der Waals surface area (Å²) in [5, 5.41) is 6.28. The van der Waals surface area contributed by atoms with Gasteiger partial charge < -0.3 is 15.5 Å². The summed E-state index contributed by atoms with van der Waals surface area (Å²) in [5.74, 6) is 0.685. The maximum atomic E-state index is 12.1. The first-order chi connectivity index (χ1) is 11.0. The van der Waals surface area contributed by atoms with Crippen LogP contribution >= 0.6 is 12.4 Å². The van der Waals surface area contributed by atoms with Gasteiger partial charge in [0, 0.05) is 31.8 Å². The minimum absolute atomic E-state index is 0. The number of carbonyl (C=O) groups excluding carboxylic acids is 2. The van der Waals surface area contributed by atoms with Gasteiger partial charge in [-0.05, 0) is 69.0 Å². The van der Waals surface area contributed by atoms with Crippen LogP contribution in [0.15, 0.2) is 18.2 Å². The minimum atomic E-state index is -0.0220. The van der Waals surface area contributed by atoms with Gasteiger partial charge in [0.25, 0.3) is 5.91 Å². The molecule has 1 fully saturated rings. The number of carbonyl (C=O) groups is 2. The van der Waals surface area contributed by atoms with Gasteiger partial charge in [0.05, 0.1) is 0 Å². The number of nitrogens with zero attached hydrogens (tertiary/aromatic N) is 1. The second kappa shape index (κ2) is 9.64. The van der Waals surface area contributed by atoms with E-state index in [-0.39, 0.29) is 24.2 Å². The highest BCUT2D eigenvalue weighted by molar-refractivity contribution is 5.97. The van der Waals surface area contributed by atoms with Crippen molar-refractivity contribution >= 4 is 29.9 Å². The van der Waals surface area contributed by atoms with Crippen molar-refractivity contribution in [3.05, 3.63) is 29.3 Å². The van der Waals surface area contributed by atoms with E-state index in [1.54, 1.807) is 31.1 Å². The highest BCUT2D eigenvalue weighted by Crippen LogP contribution is 2.20. The summed E-state index contributed by atoms with van der Waals surface area (Å²) in [6.07, 6.45) is 3.83. The fourth-order valence-corrected chi connectivity index (χ4v) is 2.95. The van der Waals surface area contributed by atoms with Gasteiger partial charge in [-0.2, -0.15) is 0 Å². The number of aryl methyl sites for hydroxylation is 1. The van der Waals surface area contributed by atoms with E-state index in [1.807, 2.05) is 13.0 Å². The summed E-state index contributed by atoms with van der Waals surface area (Å²) in [4.78, 5) is 25.7. The van der Waals surface area contributed by atoms with Crippen LogP contribution in [0.1, 0.15) is 41.6 Å². The number of benzene rings is 1. The molecular formula is C18H28ClN3O2. The number of anilines is 1. The van der Waals surface area contributed by atoms with Crippen molar-refractivity contribution in [2.75, 3.05) is 32.5 Å². The smallest absolute Gasteiger partial charge is 0.253 e. The molecule has 1 aromatic carbocycles. The third kappa shape index (κ3) is 5.80. The van der Waals surface area contributed by atoms with Gasteiger partial charge in [-0.1, -0.05) is 0 Å². The predicted octanol–water partition coefficient (Wildman–Crippen LogP) is 2.84. The Labute approximate surface area is 150 Å². The molecule has 134 valence electrons. The van der Waals surface area contributed by atoms with E-state index >= 15 is 0 Å². The van der Waals surface area contributed by atoms with Crippen LogP contribution in [0.4, 0.5) is 5.69 Å². The lowest BCUT2D eigenvalue weighted by atomic mass is 9.93. The molecule has 0 unspecified atom stereocenters. The largest absolute Gasteiger partial charge is 0.345 e. The van der Waals surface area contributed by atoms with Gasteiger partial charge in [-0.3, -0.25) is 9.59 Å². The number of rotatable bonds is 5. The van der Waals surface area contributed by atoms with Crippen LogP contribution in [0, 0.1) is 12.8 Å². The van der Waals surface area contributed by atoms with Crippen LogP contribution in [0.25, 0.3) is 0 Å². The lowest BCUT2D eigenvalue weighted by Crippen LogP contribution is -2.28. The molecule has 1 aliphatic rings. The normalized spacial score (nSPS) is 14.6. The second-order valence-electron chi connectivity index (χ2n) is 6.51. The maximum absolute atomic E-state index is 12.1. The quantitative estimate of drug-likeness (QED) is 0.855. The molecule has 0 atom stereocenters. The summed E-state index contributed by atoms with van der Waals surface area (Å²) < 4.78 is 0. The average molecular weight is 354 g/mol. The molecule has 6 heteroatoms. The zero-order valence-electron chi connectivity index (χ0n) is 14.7. The number of halogens is 1. The Kier molecular flexibility index (Phi) is 8.22. The third-order valence-electron chi connectivity index (χ3n) is 4.39. The molecule has 5 nitrogen and oxygen atoms in total. The first kappa shape index (κ1) is 20.5. The van der Waals surface area contributed by atoms with Gasteiger partial charge in [0.1, 0.15) is 0 Å². The number of hydrogen-bond donors (Lipinski definition) is 2. The molecule has 0 aromatic heterocycles. The number of nitrogens with one attached hydrogen (secondary N) is 2. The molecule has 1 aliphatic heterocycles. The van der Waals surface area contributed by atoms with Crippen LogP contribution < -0.4 is 10.6 Å². The zero-order chi connectivity index (χ0) is 16.8. The Balaban J connectivity index is 0.00000288. The number of piperidine rings is 1. The van der Waals surface area contributed by atoms with Crippen LogP contribution in [0.2, 0.25) is 0 Å². The van der Waals surface area contributed by atoms with Crippen LogP contribution in [0.3, 0.4) is 0 Å². The number of hydrogen-bond acceptors (Lipinski definition) is 3. The van der Waals surface area contributed by atoms with Crippen molar-refractivity contribution < 1.29 is 9.59 Å². The standard InChI is InChI=1S/C18H27N3O2.ClH/c1-13-12-15(5-6-16(13)18(23)21(2)3)20-17(22)7-4-14-8-10-19-11-9-14;/h5-6,12,14,19H,4,7-11H2,1-3H3,(H,20,22);1H. The van der Waals surface area contributed by atoms with Gasteiger partial charge in [0.15, 0.2) is 0 Å².